The molecule has 0 saturated heterocycles. The molecule has 6 heteroatoms. The minimum Gasteiger partial charge on any atom is -0.207 e. The average molecular weight is 276 g/mol. The lowest BCUT2D eigenvalue weighted by molar-refractivity contribution is -0.137. The molecule has 0 unspecified atom stereocenters. The van der Waals surface area contributed by atoms with Gasteiger partial charge in [0.15, 0.2) is 11.6 Å². The van der Waals surface area contributed by atoms with Gasteiger partial charge in [0.25, 0.3) is 0 Å². The predicted molar refractivity (Wildman–Crippen MR) is 56.8 cm³/mol. The summed E-state index contributed by atoms with van der Waals surface area (Å²) in [6.45, 7) is 0. The van der Waals surface area contributed by atoms with Crippen LogP contribution in [0.3, 0.4) is 0 Å². The second-order valence-corrected chi connectivity index (χ2v) is 3.79. The molecule has 2 rings (SSSR count). The lowest BCUT2D eigenvalue weighted by Crippen LogP contribution is -2.08. The molecule has 0 aliphatic heterocycles. The van der Waals surface area contributed by atoms with Crippen LogP contribution in [0.25, 0.3) is 11.1 Å². The van der Waals surface area contributed by atoms with E-state index in [-0.39, 0.29) is 6.07 Å². The summed E-state index contributed by atoms with van der Waals surface area (Å²) in [6, 6.07) is 4.82. The van der Waals surface area contributed by atoms with Crippen LogP contribution in [0, 0.1) is 17.5 Å². The van der Waals surface area contributed by atoms with E-state index in [4.69, 9.17) is 0 Å². The molecular weight excluding hydrogens is 270 g/mol. The number of benzene rings is 2. The highest BCUT2D eigenvalue weighted by Crippen LogP contribution is 2.38. The fraction of sp³-hybridized carbons (Fsp3) is 0.0769. The summed E-state index contributed by atoms with van der Waals surface area (Å²) in [5.74, 6) is -4.20. The van der Waals surface area contributed by atoms with Gasteiger partial charge in [-0.3, -0.25) is 0 Å². The Morgan fingerprint density at radius 3 is 2.05 bits per heavy atom. The van der Waals surface area contributed by atoms with Gasteiger partial charge in [-0.15, -0.1) is 0 Å². The van der Waals surface area contributed by atoms with E-state index in [0.717, 1.165) is 18.2 Å². The quantitative estimate of drug-likeness (QED) is 0.519. The van der Waals surface area contributed by atoms with Gasteiger partial charge in [0.2, 0.25) is 0 Å². The van der Waals surface area contributed by atoms with Crippen LogP contribution in [0.4, 0.5) is 26.3 Å². The van der Waals surface area contributed by atoms with Crippen LogP contribution in [0.15, 0.2) is 36.4 Å². The molecule has 0 fully saturated rings. The van der Waals surface area contributed by atoms with E-state index in [1.807, 2.05) is 0 Å². The van der Waals surface area contributed by atoms with Gasteiger partial charge >= 0.3 is 6.18 Å². The first kappa shape index (κ1) is 13.5. The molecule has 0 spiro atoms. The molecule has 0 aromatic heterocycles. The lowest BCUT2D eigenvalue weighted by atomic mass is 9.98. The van der Waals surface area contributed by atoms with Crippen molar-refractivity contribution in [3.8, 4) is 11.1 Å². The van der Waals surface area contributed by atoms with Gasteiger partial charge in [0.1, 0.15) is 5.82 Å². The number of alkyl halides is 3. The van der Waals surface area contributed by atoms with Crippen LogP contribution in [-0.2, 0) is 6.18 Å². The number of rotatable bonds is 1. The smallest absolute Gasteiger partial charge is 0.207 e. The monoisotopic (exact) mass is 276 g/mol. The zero-order valence-electron chi connectivity index (χ0n) is 9.23. The minimum atomic E-state index is -4.74. The van der Waals surface area contributed by atoms with Gasteiger partial charge in [0, 0.05) is 11.6 Å². The predicted octanol–water partition coefficient (Wildman–Crippen LogP) is 4.79. The van der Waals surface area contributed by atoms with Gasteiger partial charge in [-0.05, 0) is 17.7 Å². The van der Waals surface area contributed by atoms with Crippen molar-refractivity contribution >= 4 is 0 Å². The van der Waals surface area contributed by atoms with Crippen molar-refractivity contribution in [2.75, 3.05) is 0 Å². The molecule has 0 aliphatic carbocycles. The van der Waals surface area contributed by atoms with E-state index in [0.29, 0.717) is 6.07 Å². The van der Waals surface area contributed by atoms with E-state index in [2.05, 4.69) is 0 Å². The van der Waals surface area contributed by atoms with Crippen molar-refractivity contribution in [3.63, 3.8) is 0 Å². The Kier molecular flexibility index (Phi) is 3.26. The molecule has 19 heavy (non-hydrogen) atoms. The number of hydrogen-bond acceptors (Lipinski definition) is 0. The molecule has 0 saturated carbocycles. The third-order valence-electron chi connectivity index (χ3n) is 2.52. The van der Waals surface area contributed by atoms with Crippen molar-refractivity contribution in [2.24, 2.45) is 0 Å². The zero-order chi connectivity index (χ0) is 14.2. The SMILES string of the molecule is Fc1cc(F)c(F)c(-c2ccccc2C(F)(F)F)c1. The molecule has 0 bridgehead atoms. The fourth-order valence-electron chi connectivity index (χ4n) is 1.72. The van der Waals surface area contributed by atoms with Crippen molar-refractivity contribution in [3.05, 3.63) is 59.4 Å². The van der Waals surface area contributed by atoms with Crippen molar-refractivity contribution in [1.29, 1.82) is 0 Å². The van der Waals surface area contributed by atoms with E-state index in [1.165, 1.54) is 6.07 Å². The standard InChI is InChI=1S/C13H6F6/c14-7-5-9(12(16)11(15)6-7)8-3-1-2-4-10(8)13(17,18)19/h1-6H. The summed E-state index contributed by atoms with van der Waals surface area (Å²) in [5, 5.41) is 0. The molecule has 100 valence electrons. The van der Waals surface area contributed by atoms with Crippen LogP contribution in [0.5, 0.6) is 0 Å². The van der Waals surface area contributed by atoms with Crippen molar-refractivity contribution < 1.29 is 26.3 Å². The average Bonchev–Trinajstić information content (AvgIpc) is 2.33. The molecule has 0 atom stereocenters. The largest absolute Gasteiger partial charge is 0.417 e. The van der Waals surface area contributed by atoms with E-state index >= 15 is 0 Å². The maximum atomic E-state index is 13.5. The molecule has 0 aliphatic rings. The fourth-order valence-corrected chi connectivity index (χ4v) is 1.72. The first-order valence-corrected chi connectivity index (χ1v) is 5.12. The maximum Gasteiger partial charge on any atom is 0.417 e. The Morgan fingerprint density at radius 1 is 0.789 bits per heavy atom. The van der Waals surface area contributed by atoms with E-state index in [9.17, 15) is 26.3 Å². The molecule has 2 aromatic rings. The summed E-state index contributed by atoms with van der Waals surface area (Å²) < 4.78 is 77.9. The summed E-state index contributed by atoms with van der Waals surface area (Å²) in [6.07, 6.45) is -4.74. The van der Waals surface area contributed by atoms with Crippen molar-refractivity contribution in [1.82, 2.24) is 0 Å². The first-order valence-electron chi connectivity index (χ1n) is 5.12. The highest BCUT2D eigenvalue weighted by molar-refractivity contribution is 5.68. The van der Waals surface area contributed by atoms with Crippen molar-refractivity contribution in [2.45, 2.75) is 6.18 Å². The highest BCUT2D eigenvalue weighted by Gasteiger charge is 2.34. The number of halogens is 6. The Morgan fingerprint density at radius 2 is 1.42 bits per heavy atom. The van der Waals surface area contributed by atoms with Crippen LogP contribution < -0.4 is 0 Å². The number of hydrogen-bond donors (Lipinski definition) is 0. The molecular formula is C13H6F6. The van der Waals surface area contributed by atoms with Crippen LogP contribution in [0.1, 0.15) is 5.56 Å². The highest BCUT2D eigenvalue weighted by atomic mass is 19.4. The molecule has 0 nitrogen and oxygen atoms in total. The zero-order valence-corrected chi connectivity index (χ0v) is 9.23. The molecule has 0 radical (unpaired) electrons. The first-order chi connectivity index (χ1) is 8.80. The second kappa shape index (κ2) is 4.60. The van der Waals surface area contributed by atoms with E-state index in [1.54, 1.807) is 0 Å². The lowest BCUT2D eigenvalue weighted by Gasteiger charge is -2.13. The third kappa shape index (κ3) is 2.57. The van der Waals surface area contributed by atoms with Crippen LogP contribution in [-0.4, -0.2) is 0 Å². The molecule has 0 N–H and O–H groups in total. The minimum absolute atomic E-state index is 0.273. The van der Waals surface area contributed by atoms with E-state index < -0.39 is 40.3 Å². The van der Waals surface area contributed by atoms with Gasteiger partial charge < -0.3 is 0 Å². The maximum absolute atomic E-state index is 13.5. The molecule has 0 heterocycles. The van der Waals surface area contributed by atoms with Gasteiger partial charge in [-0.25, -0.2) is 13.2 Å². The summed E-state index contributed by atoms with van der Waals surface area (Å²) in [4.78, 5) is 0. The molecule has 0 amide bonds. The third-order valence-corrected chi connectivity index (χ3v) is 2.52. The van der Waals surface area contributed by atoms with Gasteiger partial charge in [0.05, 0.1) is 5.56 Å². The summed E-state index contributed by atoms with van der Waals surface area (Å²) >= 11 is 0. The van der Waals surface area contributed by atoms with Crippen LogP contribution >= 0.6 is 0 Å². The molecule has 2 aromatic carbocycles. The summed E-state index contributed by atoms with van der Waals surface area (Å²) in [7, 11) is 0. The Hall–Kier alpha value is -1.98. The second-order valence-electron chi connectivity index (χ2n) is 3.79. The van der Waals surface area contributed by atoms with Gasteiger partial charge in [-0.2, -0.15) is 13.2 Å². The van der Waals surface area contributed by atoms with Gasteiger partial charge in [-0.1, -0.05) is 18.2 Å². The topological polar surface area (TPSA) is 0 Å². The Bertz CT molecular complexity index is 615. The summed E-state index contributed by atoms with van der Waals surface area (Å²) in [5.41, 5.74) is -2.52. The Balaban J connectivity index is 2.73. The Labute approximate surface area is 104 Å². The normalized spacial score (nSPS) is 11.7. The van der Waals surface area contributed by atoms with Crippen LogP contribution in [0.2, 0.25) is 0 Å².